The van der Waals surface area contributed by atoms with Gasteiger partial charge >= 0.3 is 5.30 Å². The molecule has 7 heteroatoms. The van der Waals surface area contributed by atoms with E-state index in [1.54, 1.807) is 48.5 Å². The first kappa shape index (κ1) is 17.4. The number of rotatable bonds is 4. The predicted molar refractivity (Wildman–Crippen MR) is 90.8 cm³/mol. The first-order chi connectivity index (χ1) is 12.0. The Hall–Kier alpha value is -2.38. The molecule has 6 nitrogen and oxygen atoms in total. The molecule has 3 rings (SSSR count). The van der Waals surface area contributed by atoms with E-state index in [9.17, 15) is 18.3 Å². The lowest BCUT2D eigenvalue weighted by atomic mass is 10.0. The van der Waals surface area contributed by atoms with Crippen molar-refractivity contribution in [3.8, 4) is 5.75 Å². The van der Waals surface area contributed by atoms with Crippen molar-refractivity contribution in [3.05, 3.63) is 65.7 Å². The van der Waals surface area contributed by atoms with E-state index in [-0.39, 0.29) is 19.6 Å². The highest BCUT2D eigenvalue weighted by Gasteiger charge is 2.41. The number of ether oxygens (including phenoxy) is 2. The van der Waals surface area contributed by atoms with Crippen molar-refractivity contribution in [2.75, 3.05) is 6.61 Å². The van der Waals surface area contributed by atoms with Crippen LogP contribution in [0.25, 0.3) is 0 Å². The van der Waals surface area contributed by atoms with Crippen LogP contribution in [0.15, 0.2) is 54.6 Å². The minimum Gasteiger partial charge on any atom is -0.488 e. The Morgan fingerprint density at radius 3 is 2.52 bits per heavy atom. The topological polar surface area (TPSA) is 89.9 Å². The molecular weight excluding hydrogens is 344 g/mol. The van der Waals surface area contributed by atoms with Gasteiger partial charge in [0.05, 0.1) is 6.61 Å². The first-order valence-electron chi connectivity index (χ1n) is 7.83. The summed E-state index contributed by atoms with van der Waals surface area (Å²) < 4.78 is 36.0. The summed E-state index contributed by atoms with van der Waals surface area (Å²) >= 11 is 0. The number of carbonyl (C=O) groups excluding carboxylic acids is 1. The lowest BCUT2D eigenvalue weighted by Gasteiger charge is -2.30. The molecule has 132 valence electrons. The molecule has 0 saturated heterocycles. The van der Waals surface area contributed by atoms with Gasteiger partial charge in [0.15, 0.2) is 0 Å². The number of aliphatic hydroxyl groups is 1. The van der Waals surface area contributed by atoms with Gasteiger partial charge in [0.2, 0.25) is 0 Å². The number of aliphatic hydroxyl groups excluding tert-OH is 1. The van der Waals surface area contributed by atoms with Crippen LogP contribution in [0.3, 0.4) is 0 Å². The van der Waals surface area contributed by atoms with Gasteiger partial charge in [-0.25, -0.2) is 13.2 Å². The van der Waals surface area contributed by atoms with Crippen LogP contribution in [0.4, 0.5) is 4.79 Å². The number of fused-ring (bicyclic) bond motifs is 1. The van der Waals surface area contributed by atoms with Crippen molar-refractivity contribution in [2.24, 2.45) is 0 Å². The van der Waals surface area contributed by atoms with Crippen molar-refractivity contribution in [3.63, 3.8) is 0 Å². The van der Waals surface area contributed by atoms with E-state index in [4.69, 9.17) is 9.47 Å². The maximum absolute atomic E-state index is 12.7. The Morgan fingerprint density at radius 2 is 1.80 bits per heavy atom. The average molecular weight is 362 g/mol. The zero-order valence-corrected chi connectivity index (χ0v) is 14.2. The van der Waals surface area contributed by atoms with Crippen LogP contribution in [-0.4, -0.2) is 31.5 Å². The molecule has 2 aromatic rings. The van der Waals surface area contributed by atoms with Gasteiger partial charge in [-0.2, -0.15) is 0 Å². The first-order valence-corrected chi connectivity index (χ1v) is 9.38. The van der Waals surface area contributed by atoms with Crippen LogP contribution >= 0.6 is 0 Å². The van der Waals surface area contributed by atoms with Crippen molar-refractivity contribution in [1.29, 1.82) is 0 Å². The Labute approximate surface area is 145 Å². The van der Waals surface area contributed by atoms with Crippen LogP contribution in [0, 0.1) is 0 Å². The smallest absolute Gasteiger partial charge is 0.425 e. The van der Waals surface area contributed by atoms with Crippen LogP contribution in [0.1, 0.15) is 22.8 Å². The maximum atomic E-state index is 12.7. The third-order valence-electron chi connectivity index (χ3n) is 4.05. The highest BCUT2D eigenvalue weighted by atomic mass is 32.2. The summed E-state index contributed by atoms with van der Waals surface area (Å²) in [6.07, 6.45) is -0.687. The summed E-state index contributed by atoms with van der Waals surface area (Å²) in [6.45, 7) is -0.452. The summed E-state index contributed by atoms with van der Waals surface area (Å²) in [5.74, 6) is 0.359. The monoisotopic (exact) mass is 362 g/mol. The summed E-state index contributed by atoms with van der Waals surface area (Å²) in [6, 6.07) is 15.5. The van der Waals surface area contributed by atoms with E-state index in [1.807, 2.05) is 6.07 Å². The Bertz CT molecular complexity index is 847. The molecule has 0 unspecified atom stereocenters. The molecule has 1 N–H and O–H groups in total. The molecule has 1 aliphatic heterocycles. The largest absolute Gasteiger partial charge is 0.488 e. The van der Waals surface area contributed by atoms with Crippen molar-refractivity contribution >= 4 is 15.1 Å². The molecule has 0 spiro atoms. The van der Waals surface area contributed by atoms with E-state index < -0.39 is 26.5 Å². The number of para-hydroxylation sites is 1. The van der Waals surface area contributed by atoms with Crippen LogP contribution in [0.5, 0.6) is 5.75 Å². The molecule has 25 heavy (non-hydrogen) atoms. The van der Waals surface area contributed by atoms with Gasteiger partial charge in [-0.1, -0.05) is 48.5 Å². The number of carbonyl (C=O) groups is 1. The maximum Gasteiger partial charge on any atom is 0.425 e. The van der Waals surface area contributed by atoms with Gasteiger partial charge in [-0.3, -0.25) is 0 Å². The van der Waals surface area contributed by atoms with E-state index in [0.29, 0.717) is 16.9 Å². The normalized spacial score (nSPS) is 19.6. The molecule has 0 aromatic heterocycles. The second-order valence-corrected chi connectivity index (χ2v) is 7.75. The molecule has 2 aromatic carbocycles. The highest BCUT2D eigenvalue weighted by molar-refractivity contribution is 8.05. The lowest BCUT2D eigenvalue weighted by Crippen LogP contribution is -2.34. The minimum atomic E-state index is -4.24. The van der Waals surface area contributed by atoms with E-state index in [1.165, 1.54) is 0 Å². The van der Waals surface area contributed by atoms with Crippen LogP contribution in [-0.2, 0) is 21.2 Å². The van der Waals surface area contributed by atoms with Crippen molar-refractivity contribution in [1.82, 2.24) is 0 Å². The SMILES string of the molecule is O=C(OCc1ccccc1)S(=O)(=O)[C@@H]1C[C@H](CO)Oc2ccccc21. The van der Waals surface area contributed by atoms with E-state index >= 15 is 0 Å². The summed E-state index contributed by atoms with van der Waals surface area (Å²) in [5.41, 5.74) is 1.11. The molecule has 0 saturated carbocycles. The zero-order valence-electron chi connectivity index (χ0n) is 13.4. The molecule has 0 fully saturated rings. The fourth-order valence-electron chi connectivity index (χ4n) is 2.77. The third-order valence-corrected chi connectivity index (χ3v) is 5.82. The average Bonchev–Trinajstić information content (AvgIpc) is 2.65. The fourth-order valence-corrected chi connectivity index (χ4v) is 4.22. The minimum absolute atomic E-state index is 0.00369. The highest BCUT2D eigenvalue weighted by Crippen LogP contribution is 2.40. The summed E-state index contributed by atoms with van der Waals surface area (Å²) in [5, 5.41) is 6.99. The number of benzene rings is 2. The zero-order chi connectivity index (χ0) is 17.9. The number of hydrogen-bond acceptors (Lipinski definition) is 6. The molecule has 0 amide bonds. The predicted octanol–water partition coefficient (Wildman–Crippen LogP) is 2.62. The molecule has 2 atom stereocenters. The molecule has 1 heterocycles. The standard InChI is InChI=1S/C18H18O6S/c19-11-14-10-17(15-8-4-5-9-16(15)24-14)25(21,22)18(20)23-12-13-6-2-1-3-7-13/h1-9,14,17,19H,10-12H2/t14-,17-/m1/s1. The van der Waals surface area contributed by atoms with Gasteiger partial charge in [0, 0.05) is 12.0 Å². The molecule has 0 radical (unpaired) electrons. The van der Waals surface area contributed by atoms with Gasteiger partial charge in [-0.15, -0.1) is 0 Å². The van der Waals surface area contributed by atoms with E-state index in [2.05, 4.69) is 0 Å². The van der Waals surface area contributed by atoms with Gasteiger partial charge < -0.3 is 14.6 Å². The molecule has 1 aliphatic rings. The van der Waals surface area contributed by atoms with Gasteiger partial charge in [0.1, 0.15) is 23.7 Å². The molecule has 0 bridgehead atoms. The number of hydrogen-bond donors (Lipinski definition) is 1. The number of sulfone groups is 1. The second-order valence-electron chi connectivity index (χ2n) is 5.75. The summed E-state index contributed by atoms with van der Waals surface area (Å²) in [7, 11) is -4.24. The Kier molecular flexibility index (Phi) is 5.06. The molecular formula is C18H18O6S. The van der Waals surface area contributed by atoms with Crippen molar-refractivity contribution < 1.29 is 27.8 Å². The van der Waals surface area contributed by atoms with Crippen LogP contribution in [0.2, 0.25) is 0 Å². The van der Waals surface area contributed by atoms with E-state index in [0.717, 1.165) is 0 Å². The van der Waals surface area contributed by atoms with Gasteiger partial charge in [0.25, 0.3) is 9.84 Å². The lowest BCUT2D eigenvalue weighted by molar-refractivity contribution is 0.0956. The second kappa shape index (κ2) is 7.25. The molecule has 0 aliphatic carbocycles. The van der Waals surface area contributed by atoms with Crippen molar-refractivity contribution in [2.45, 2.75) is 24.4 Å². The summed E-state index contributed by atoms with van der Waals surface area (Å²) in [4.78, 5) is 12.2. The Balaban J connectivity index is 1.82. The quantitative estimate of drug-likeness (QED) is 0.841. The fraction of sp³-hybridized carbons (Fsp3) is 0.278. The third kappa shape index (κ3) is 3.67. The van der Waals surface area contributed by atoms with Gasteiger partial charge in [-0.05, 0) is 11.6 Å². The van der Waals surface area contributed by atoms with Crippen LogP contribution < -0.4 is 4.74 Å². The Morgan fingerprint density at radius 1 is 1.12 bits per heavy atom.